The van der Waals surface area contributed by atoms with Crippen LogP contribution >= 0.6 is 0 Å². The summed E-state index contributed by atoms with van der Waals surface area (Å²) in [4.78, 5) is 11.3. The summed E-state index contributed by atoms with van der Waals surface area (Å²) in [5, 5.41) is 0. The van der Waals surface area contributed by atoms with Gasteiger partial charge in [0.25, 0.3) is 0 Å². The number of rotatable bonds is 6. The van der Waals surface area contributed by atoms with Gasteiger partial charge in [0.15, 0.2) is 8.32 Å². The quantitative estimate of drug-likeness (QED) is 0.525. The van der Waals surface area contributed by atoms with Crippen molar-refractivity contribution in [2.45, 2.75) is 64.3 Å². The van der Waals surface area contributed by atoms with E-state index < -0.39 is 8.32 Å². The first-order valence-corrected chi connectivity index (χ1v) is 9.32. The van der Waals surface area contributed by atoms with E-state index >= 15 is 0 Å². The van der Waals surface area contributed by atoms with E-state index in [9.17, 15) is 4.79 Å². The van der Waals surface area contributed by atoms with Crippen LogP contribution in [0.3, 0.4) is 0 Å². The van der Waals surface area contributed by atoms with Gasteiger partial charge < -0.3 is 9.22 Å². The molecule has 0 amide bonds. The van der Waals surface area contributed by atoms with E-state index in [1.807, 2.05) is 0 Å². The third-order valence-corrected chi connectivity index (χ3v) is 9.78. The lowest BCUT2D eigenvalue weighted by atomic mass is 9.68. The van der Waals surface area contributed by atoms with Gasteiger partial charge in [0.2, 0.25) is 0 Å². The predicted octanol–water partition coefficient (Wildman–Crippen LogP) is 3.38. The molecule has 0 aromatic heterocycles. The van der Waals surface area contributed by atoms with Crippen molar-refractivity contribution in [2.75, 3.05) is 0 Å². The Morgan fingerprint density at radius 1 is 1.31 bits per heavy atom. The minimum Gasteiger partial charge on any atom is -0.413 e. The average Bonchev–Trinajstić information content (AvgIpc) is 2.90. The highest BCUT2D eigenvalue weighted by molar-refractivity contribution is 6.73. The molecule has 3 fully saturated rings. The van der Waals surface area contributed by atoms with Crippen LogP contribution in [-0.2, 0) is 9.22 Å². The topological polar surface area (TPSA) is 26.3 Å². The summed E-state index contributed by atoms with van der Waals surface area (Å²) in [6, 6.07) is 3.58. The molecule has 0 unspecified atom stereocenters. The second kappa shape index (κ2) is 4.26. The highest BCUT2D eigenvalue weighted by atomic mass is 28.4. The van der Waals surface area contributed by atoms with Crippen LogP contribution in [0.4, 0.5) is 0 Å². The lowest BCUT2D eigenvalue weighted by molar-refractivity contribution is -0.131. The fourth-order valence-corrected chi connectivity index (χ4v) is 6.59. The normalized spacial score (nSPS) is 37.2. The molecule has 3 heteroatoms. The Labute approximate surface area is 99.9 Å². The molecular weight excluding hydrogens is 216 g/mol. The number of hydrogen-bond donors (Lipinski definition) is 0. The summed E-state index contributed by atoms with van der Waals surface area (Å²) in [5.41, 5.74) is -0.0670. The second-order valence-corrected chi connectivity index (χ2v) is 10.4. The summed E-state index contributed by atoms with van der Waals surface area (Å²) in [5.74, 6) is 0.696. The molecule has 0 saturated heterocycles. The van der Waals surface area contributed by atoms with Gasteiger partial charge in [-0.1, -0.05) is 20.8 Å². The standard InChI is InChI=1S/C13H24O2Si/c1-4-16(5-2,6-3)15-12-11-7-8-13(12,9-11)10-14/h10-12H,4-9H2,1-3H3/t11-,12+,13+/m1/s1. The van der Waals surface area contributed by atoms with Crippen molar-refractivity contribution in [3.05, 3.63) is 0 Å². The Kier molecular flexibility index (Phi) is 3.28. The highest BCUT2D eigenvalue weighted by Gasteiger charge is 2.61. The number of carbonyl (C=O) groups is 1. The Balaban J connectivity index is 2.07. The molecule has 0 aromatic rings. The Hall–Kier alpha value is -0.153. The molecule has 3 atom stereocenters. The first-order chi connectivity index (χ1) is 7.65. The van der Waals surface area contributed by atoms with E-state index in [0.29, 0.717) is 5.92 Å². The van der Waals surface area contributed by atoms with Crippen molar-refractivity contribution in [3.63, 3.8) is 0 Å². The number of hydrogen-bond acceptors (Lipinski definition) is 2. The van der Waals surface area contributed by atoms with E-state index in [4.69, 9.17) is 4.43 Å². The van der Waals surface area contributed by atoms with Crippen molar-refractivity contribution < 1.29 is 9.22 Å². The van der Waals surface area contributed by atoms with Crippen LogP contribution in [-0.4, -0.2) is 20.7 Å². The van der Waals surface area contributed by atoms with Crippen LogP contribution in [0.2, 0.25) is 18.1 Å². The third kappa shape index (κ3) is 1.60. The van der Waals surface area contributed by atoms with Gasteiger partial charge in [0, 0.05) is 0 Å². The van der Waals surface area contributed by atoms with E-state index in [2.05, 4.69) is 20.8 Å². The molecule has 3 saturated carbocycles. The second-order valence-electron chi connectivity index (χ2n) is 5.64. The van der Waals surface area contributed by atoms with E-state index in [0.717, 1.165) is 12.8 Å². The molecule has 0 aromatic carbocycles. The Morgan fingerprint density at radius 3 is 2.38 bits per heavy atom. The maximum Gasteiger partial charge on any atom is 0.192 e. The molecule has 3 aliphatic carbocycles. The highest BCUT2D eigenvalue weighted by Crippen LogP contribution is 2.59. The maximum absolute atomic E-state index is 11.3. The van der Waals surface area contributed by atoms with Gasteiger partial charge in [0.05, 0.1) is 11.5 Å². The van der Waals surface area contributed by atoms with Gasteiger partial charge in [-0.3, -0.25) is 0 Å². The third-order valence-electron chi connectivity index (χ3n) is 5.16. The lowest BCUT2D eigenvalue weighted by Crippen LogP contribution is -2.54. The maximum atomic E-state index is 11.3. The van der Waals surface area contributed by atoms with E-state index in [1.165, 1.54) is 30.8 Å². The van der Waals surface area contributed by atoms with Crippen molar-refractivity contribution in [1.82, 2.24) is 0 Å². The molecule has 3 rings (SSSR count). The molecule has 2 nitrogen and oxygen atoms in total. The van der Waals surface area contributed by atoms with Gasteiger partial charge in [0.1, 0.15) is 6.29 Å². The summed E-state index contributed by atoms with van der Waals surface area (Å²) >= 11 is 0. The van der Waals surface area contributed by atoms with Crippen LogP contribution in [0.15, 0.2) is 0 Å². The van der Waals surface area contributed by atoms with Crippen LogP contribution in [0, 0.1) is 11.3 Å². The van der Waals surface area contributed by atoms with Crippen molar-refractivity contribution in [3.8, 4) is 0 Å². The van der Waals surface area contributed by atoms with Crippen molar-refractivity contribution in [2.24, 2.45) is 11.3 Å². The smallest absolute Gasteiger partial charge is 0.192 e. The van der Waals surface area contributed by atoms with E-state index in [-0.39, 0.29) is 11.5 Å². The SMILES string of the molecule is CC[Si](CC)(CC)O[C@H]1[C@@H]2CC[C@@]1(C=O)C2. The van der Waals surface area contributed by atoms with Crippen LogP contribution in [0.25, 0.3) is 0 Å². The minimum atomic E-state index is -1.52. The first kappa shape index (κ1) is 12.3. The molecule has 0 heterocycles. The summed E-state index contributed by atoms with van der Waals surface area (Å²) < 4.78 is 6.51. The number of carbonyl (C=O) groups excluding carboxylic acids is 1. The zero-order chi connectivity index (χ0) is 11.8. The predicted molar refractivity (Wildman–Crippen MR) is 67.9 cm³/mol. The largest absolute Gasteiger partial charge is 0.413 e. The molecule has 2 bridgehead atoms. The summed E-state index contributed by atoms with van der Waals surface area (Å²) in [6.07, 6.45) is 4.87. The molecular formula is C13H24O2Si. The molecule has 3 aliphatic rings. The lowest BCUT2D eigenvalue weighted by Gasteiger charge is -2.48. The summed E-state index contributed by atoms with van der Waals surface area (Å²) in [7, 11) is -1.52. The van der Waals surface area contributed by atoms with Gasteiger partial charge in [-0.25, -0.2) is 0 Å². The monoisotopic (exact) mass is 240 g/mol. The number of aldehydes is 1. The Morgan fingerprint density at radius 2 is 1.94 bits per heavy atom. The van der Waals surface area contributed by atoms with Crippen LogP contribution in [0.1, 0.15) is 40.0 Å². The van der Waals surface area contributed by atoms with Gasteiger partial charge >= 0.3 is 0 Å². The fraction of sp³-hybridized carbons (Fsp3) is 0.923. The number of fused-ring (bicyclic) bond motifs is 1. The zero-order valence-electron chi connectivity index (χ0n) is 10.8. The zero-order valence-corrected chi connectivity index (χ0v) is 11.8. The minimum absolute atomic E-state index is 0.0670. The molecule has 0 spiro atoms. The molecule has 0 radical (unpaired) electrons. The van der Waals surface area contributed by atoms with Crippen LogP contribution < -0.4 is 0 Å². The molecule has 92 valence electrons. The van der Waals surface area contributed by atoms with Crippen molar-refractivity contribution in [1.29, 1.82) is 0 Å². The summed E-state index contributed by atoms with van der Waals surface area (Å²) in [6.45, 7) is 6.77. The van der Waals surface area contributed by atoms with E-state index in [1.54, 1.807) is 0 Å². The van der Waals surface area contributed by atoms with Gasteiger partial charge in [-0.2, -0.15) is 0 Å². The first-order valence-electron chi connectivity index (χ1n) is 6.79. The van der Waals surface area contributed by atoms with Gasteiger partial charge in [-0.15, -0.1) is 0 Å². The fourth-order valence-electron chi connectivity index (χ4n) is 3.63. The molecule has 16 heavy (non-hydrogen) atoms. The molecule has 0 aliphatic heterocycles. The van der Waals surface area contributed by atoms with Gasteiger partial charge in [-0.05, 0) is 43.3 Å². The average molecular weight is 240 g/mol. The molecule has 0 N–H and O–H groups in total. The van der Waals surface area contributed by atoms with Crippen LogP contribution in [0.5, 0.6) is 0 Å². The Bertz CT molecular complexity index is 263. The van der Waals surface area contributed by atoms with Crippen molar-refractivity contribution >= 4 is 14.6 Å².